The minimum Gasteiger partial charge on any atom is -0.323 e. The van der Waals surface area contributed by atoms with Gasteiger partial charge in [0.05, 0.1) is 6.16 Å². The molecule has 0 bridgehead atoms. The summed E-state index contributed by atoms with van der Waals surface area (Å²) in [6.07, 6.45) is 0.678. The highest BCUT2D eigenvalue weighted by Gasteiger charge is 2.27. The molecule has 1 aromatic carbocycles. The molecule has 15 heavy (non-hydrogen) atoms. The molecule has 3 nitrogen and oxygen atoms in total. The maximum absolute atomic E-state index is 5.31. The molecular weight excluding hydrogens is 279 g/mol. The molecule has 0 fully saturated rings. The van der Waals surface area contributed by atoms with E-state index in [1.165, 1.54) is 0 Å². The summed E-state index contributed by atoms with van der Waals surface area (Å²) in [5.41, 5.74) is 1.16. The van der Waals surface area contributed by atoms with E-state index in [1.54, 1.807) is 21.3 Å². The first-order chi connectivity index (χ1) is 6.76. The van der Waals surface area contributed by atoms with Crippen LogP contribution in [0.15, 0.2) is 30.3 Å². The van der Waals surface area contributed by atoms with Crippen molar-refractivity contribution in [1.82, 2.24) is 0 Å². The van der Waals surface area contributed by atoms with E-state index in [0.717, 1.165) is 5.56 Å². The second kappa shape index (κ2) is 7.31. The summed E-state index contributed by atoms with van der Waals surface area (Å²) >= 11 is 0. The van der Waals surface area contributed by atoms with Crippen LogP contribution in [0.3, 0.4) is 0 Å². The minimum absolute atomic E-state index is 0. The van der Waals surface area contributed by atoms with Gasteiger partial charge in [0, 0.05) is 21.3 Å². The van der Waals surface area contributed by atoms with E-state index in [9.17, 15) is 0 Å². The molecular formula is C10H17BrO3P. The zero-order valence-corrected chi connectivity index (χ0v) is 11.8. The van der Waals surface area contributed by atoms with Crippen LogP contribution in [0.2, 0.25) is 0 Å². The molecule has 0 aliphatic carbocycles. The average Bonchev–Trinajstić information content (AvgIpc) is 2.28. The Kier molecular flexibility index (Phi) is 7.32. The number of hydrogen-bond donors (Lipinski definition) is 0. The van der Waals surface area contributed by atoms with Crippen molar-refractivity contribution >= 4 is 24.9 Å². The summed E-state index contributed by atoms with van der Waals surface area (Å²) in [6, 6.07) is 10.0. The van der Waals surface area contributed by atoms with Crippen molar-refractivity contribution in [1.29, 1.82) is 0 Å². The zero-order valence-electron chi connectivity index (χ0n) is 9.17. The average molecular weight is 296 g/mol. The fourth-order valence-electron chi connectivity index (χ4n) is 1.22. The van der Waals surface area contributed by atoms with Crippen molar-refractivity contribution < 1.29 is 13.6 Å². The molecule has 0 atom stereocenters. The highest BCUT2D eigenvalue weighted by Crippen LogP contribution is 2.62. The lowest BCUT2D eigenvalue weighted by Gasteiger charge is -2.29. The van der Waals surface area contributed by atoms with Gasteiger partial charge in [-0.05, 0) is 5.56 Å². The van der Waals surface area contributed by atoms with Crippen LogP contribution in [0.4, 0.5) is 0 Å². The van der Waals surface area contributed by atoms with Crippen molar-refractivity contribution in [2.45, 2.75) is 6.16 Å². The Bertz CT molecular complexity index is 256. The van der Waals surface area contributed by atoms with Gasteiger partial charge in [-0.25, -0.2) is 0 Å². The number of benzene rings is 1. The van der Waals surface area contributed by atoms with Crippen molar-refractivity contribution in [3.8, 4) is 0 Å². The maximum atomic E-state index is 5.31. The van der Waals surface area contributed by atoms with Crippen LogP contribution in [0.1, 0.15) is 5.56 Å². The summed E-state index contributed by atoms with van der Waals surface area (Å²) in [5, 5.41) is 0. The van der Waals surface area contributed by atoms with Crippen molar-refractivity contribution in [3.05, 3.63) is 35.9 Å². The molecule has 0 aromatic heterocycles. The number of rotatable bonds is 5. The summed E-state index contributed by atoms with van der Waals surface area (Å²) in [7, 11) is 2.68. The van der Waals surface area contributed by atoms with Gasteiger partial charge in [-0.2, -0.15) is 0 Å². The molecule has 87 valence electrons. The Labute approximate surface area is 102 Å². The summed E-state index contributed by atoms with van der Waals surface area (Å²) in [4.78, 5) is 0. The summed E-state index contributed by atoms with van der Waals surface area (Å²) in [5.74, 6) is 0. The topological polar surface area (TPSA) is 27.7 Å². The van der Waals surface area contributed by atoms with Gasteiger partial charge in [0.25, 0.3) is 0 Å². The van der Waals surface area contributed by atoms with E-state index in [4.69, 9.17) is 13.6 Å². The smallest absolute Gasteiger partial charge is 0.237 e. The molecule has 0 spiro atoms. The Morgan fingerprint density at radius 3 is 1.80 bits per heavy atom. The Morgan fingerprint density at radius 1 is 0.933 bits per heavy atom. The minimum atomic E-state index is -2.16. The first-order valence-electron chi connectivity index (χ1n) is 4.35. The van der Waals surface area contributed by atoms with Crippen LogP contribution in [0.25, 0.3) is 0 Å². The third kappa shape index (κ3) is 4.17. The van der Waals surface area contributed by atoms with E-state index >= 15 is 0 Å². The van der Waals surface area contributed by atoms with Gasteiger partial charge >= 0.3 is 0 Å². The molecule has 1 aromatic rings. The second-order valence-corrected chi connectivity index (χ2v) is 5.44. The van der Waals surface area contributed by atoms with Crippen molar-refractivity contribution in [2.75, 3.05) is 21.3 Å². The van der Waals surface area contributed by atoms with Gasteiger partial charge < -0.3 is 13.6 Å². The second-order valence-electron chi connectivity index (χ2n) is 2.80. The normalized spacial score (nSPS) is 10.9. The molecule has 5 heteroatoms. The van der Waals surface area contributed by atoms with Crippen molar-refractivity contribution in [2.24, 2.45) is 0 Å². The molecule has 1 radical (unpaired) electrons. The molecule has 0 N–H and O–H groups in total. The van der Waals surface area contributed by atoms with E-state index in [0.29, 0.717) is 6.16 Å². The predicted octanol–water partition coefficient (Wildman–Crippen LogP) is 3.47. The van der Waals surface area contributed by atoms with Crippen molar-refractivity contribution in [3.63, 3.8) is 0 Å². The lowest BCUT2D eigenvalue weighted by molar-refractivity contribution is 0.209. The van der Waals surface area contributed by atoms with Gasteiger partial charge in [-0.15, -0.1) is 17.0 Å². The molecule has 0 heterocycles. The van der Waals surface area contributed by atoms with Gasteiger partial charge in [0.2, 0.25) is 7.94 Å². The van der Waals surface area contributed by atoms with Crippen LogP contribution in [-0.4, -0.2) is 21.3 Å². The lowest BCUT2D eigenvalue weighted by atomic mass is 10.2. The molecule has 0 saturated heterocycles. The fraction of sp³-hybridized carbons (Fsp3) is 0.400. The first-order valence-corrected chi connectivity index (χ1v) is 6.08. The maximum Gasteiger partial charge on any atom is 0.237 e. The summed E-state index contributed by atoms with van der Waals surface area (Å²) < 4.78 is 15.9. The van der Waals surface area contributed by atoms with Crippen LogP contribution in [0.5, 0.6) is 0 Å². The molecule has 0 saturated carbocycles. The standard InChI is InChI=1S/C10H16O3P.BrH/c1-11-14(12-2,13-3)9-10-7-5-4-6-8-10;/h4-8H,9H2,1-3H3;1H. The number of halogens is 1. The first kappa shape index (κ1) is 15.0. The lowest BCUT2D eigenvalue weighted by Crippen LogP contribution is -2.03. The highest BCUT2D eigenvalue weighted by molar-refractivity contribution is 8.93. The molecule has 0 unspecified atom stereocenters. The Hall–Kier alpha value is 0.01000. The summed E-state index contributed by atoms with van der Waals surface area (Å²) in [6.45, 7) is 0. The van der Waals surface area contributed by atoms with E-state index < -0.39 is 7.94 Å². The monoisotopic (exact) mass is 295 g/mol. The zero-order chi connectivity index (χ0) is 10.4. The Balaban J connectivity index is 0.00000196. The molecule has 0 aliphatic heterocycles. The van der Waals surface area contributed by atoms with Crippen LogP contribution in [0, 0.1) is 0 Å². The Morgan fingerprint density at radius 2 is 1.40 bits per heavy atom. The fourth-order valence-corrected chi connectivity index (χ4v) is 2.72. The molecule has 1 rings (SSSR count). The molecule has 0 aliphatic rings. The van der Waals surface area contributed by atoms with Gasteiger partial charge in [-0.1, -0.05) is 30.3 Å². The van der Waals surface area contributed by atoms with Gasteiger partial charge in [0.15, 0.2) is 0 Å². The third-order valence-electron chi connectivity index (χ3n) is 2.05. The SMILES string of the molecule is Br.CO[P](Cc1ccccc1)(OC)OC. The van der Waals surface area contributed by atoms with E-state index in [-0.39, 0.29) is 17.0 Å². The quantitative estimate of drug-likeness (QED) is 0.779. The predicted molar refractivity (Wildman–Crippen MR) is 68.4 cm³/mol. The van der Waals surface area contributed by atoms with E-state index in [2.05, 4.69) is 0 Å². The largest absolute Gasteiger partial charge is 0.323 e. The number of hydrogen-bond acceptors (Lipinski definition) is 3. The van der Waals surface area contributed by atoms with Gasteiger partial charge in [0.1, 0.15) is 0 Å². The van der Waals surface area contributed by atoms with Gasteiger partial charge in [-0.3, -0.25) is 0 Å². The third-order valence-corrected chi connectivity index (χ3v) is 4.48. The highest BCUT2D eigenvalue weighted by atomic mass is 79.9. The van der Waals surface area contributed by atoms with Crippen LogP contribution < -0.4 is 0 Å². The van der Waals surface area contributed by atoms with Crippen LogP contribution >= 0.6 is 24.9 Å². The molecule has 0 amide bonds. The van der Waals surface area contributed by atoms with E-state index in [1.807, 2.05) is 30.3 Å². The van der Waals surface area contributed by atoms with Crippen LogP contribution in [-0.2, 0) is 19.7 Å².